The zero-order chi connectivity index (χ0) is 37.6. The van der Waals surface area contributed by atoms with Gasteiger partial charge in [-0.15, -0.1) is 74.2 Å². The average molecular weight is 757 g/mol. The number of hydrogen-bond donors (Lipinski definition) is 0. The number of fused-ring (bicyclic) bond motifs is 4. The standard InChI is InChI=1S/2C21H17.C6H13Si.C4H9.Ti/c2*1-2-15-13-17-9-6-12-20(21(17)14-15)19-11-5-8-16-7-3-4-10-18(16)19;1-3-4-5-6(2)7;1-3-4-2;/h2*3-14H,2H2,1H3;3H,4-5,7H2,1-2H3;1,3-4H2,2H3;/q4*-1;+4. The van der Waals surface area contributed by atoms with Crippen LogP contribution in [0, 0.1) is 13.3 Å². The summed E-state index contributed by atoms with van der Waals surface area (Å²) in [5, 5.41) is 12.2. The van der Waals surface area contributed by atoms with E-state index in [1.807, 2.05) is 9.85 Å². The van der Waals surface area contributed by atoms with Gasteiger partial charge in [0.1, 0.15) is 0 Å². The number of benzene rings is 6. The average Bonchev–Trinajstić information content (AvgIpc) is 3.85. The van der Waals surface area contributed by atoms with Crippen molar-refractivity contribution in [1.82, 2.24) is 0 Å². The quantitative estimate of drug-likeness (QED) is 0.107. The molecule has 0 atom stereocenters. The molecule has 0 saturated carbocycles. The third-order valence-electron chi connectivity index (χ3n) is 9.81. The van der Waals surface area contributed by atoms with Gasteiger partial charge in [-0.1, -0.05) is 142 Å². The number of aryl methyl sites for hydroxylation is 2. The van der Waals surface area contributed by atoms with E-state index in [0.717, 1.165) is 19.3 Å². The number of unbranched alkanes of at least 4 members (excludes halogenated alkanes) is 2. The molecule has 0 N–H and O–H groups in total. The Labute approximate surface area is 343 Å². The van der Waals surface area contributed by atoms with Crippen LogP contribution in [-0.2, 0) is 34.6 Å². The Morgan fingerprint density at radius 1 is 0.574 bits per heavy atom. The monoisotopic (exact) mass is 756 g/mol. The molecule has 8 aromatic carbocycles. The maximum absolute atomic E-state index is 3.60. The third kappa shape index (κ3) is 10.8. The zero-order valence-electron chi connectivity index (χ0n) is 33.1. The second-order valence-corrected chi connectivity index (χ2v) is 15.1. The first-order chi connectivity index (χ1) is 25.9. The molecule has 0 spiro atoms. The fourth-order valence-corrected chi connectivity index (χ4v) is 6.99. The zero-order valence-corrected chi connectivity index (χ0v) is 36.1. The minimum Gasteiger partial charge on any atom is -0.343 e. The Hall–Kier alpha value is -4.14. The molecule has 0 aliphatic rings. The summed E-state index contributed by atoms with van der Waals surface area (Å²) >= 11 is 0. The van der Waals surface area contributed by atoms with Gasteiger partial charge < -0.3 is 13.3 Å². The molecule has 272 valence electrons. The van der Waals surface area contributed by atoms with Crippen molar-refractivity contribution in [2.24, 2.45) is 0 Å². The van der Waals surface area contributed by atoms with Crippen LogP contribution in [0.25, 0.3) is 65.3 Å². The molecular formula is C52H56SiTi. The Kier molecular flexibility index (Phi) is 17.1. The fraction of sp³-hybridized carbons (Fsp3) is 0.212. The predicted molar refractivity (Wildman–Crippen MR) is 242 cm³/mol. The van der Waals surface area contributed by atoms with E-state index in [1.165, 1.54) is 95.7 Å². The molecule has 0 unspecified atom stereocenters. The summed E-state index contributed by atoms with van der Waals surface area (Å²) in [7, 11) is 1.99. The van der Waals surface area contributed by atoms with Crippen LogP contribution in [0.15, 0.2) is 146 Å². The maximum atomic E-state index is 3.60. The summed E-state index contributed by atoms with van der Waals surface area (Å²) < 4.78 is 0. The normalized spacial score (nSPS) is 10.5. The summed E-state index contributed by atoms with van der Waals surface area (Å²) in [5.74, 6) is 0. The molecule has 0 radical (unpaired) electrons. The summed E-state index contributed by atoms with van der Waals surface area (Å²) in [6, 6.07) is 52.9. The van der Waals surface area contributed by atoms with Gasteiger partial charge in [-0.25, -0.2) is 0 Å². The van der Waals surface area contributed by atoms with Gasteiger partial charge in [-0.2, -0.15) is 31.9 Å². The maximum Gasteiger partial charge on any atom is 4.00 e. The van der Waals surface area contributed by atoms with Gasteiger partial charge in [0, 0.05) is 0 Å². The second-order valence-electron chi connectivity index (χ2n) is 13.9. The molecule has 0 bridgehead atoms. The molecule has 0 aliphatic heterocycles. The molecular weight excluding hydrogens is 701 g/mol. The summed E-state index contributed by atoms with van der Waals surface area (Å²) in [4.78, 5) is 0. The smallest absolute Gasteiger partial charge is 0.343 e. The first-order valence-electron chi connectivity index (χ1n) is 19.5. The first-order valence-corrected chi connectivity index (χ1v) is 20.2. The molecule has 0 heterocycles. The predicted octanol–water partition coefficient (Wildman–Crippen LogP) is 14.3. The molecule has 0 saturated heterocycles. The van der Waals surface area contributed by atoms with Crippen LogP contribution in [0.4, 0.5) is 0 Å². The van der Waals surface area contributed by atoms with E-state index >= 15 is 0 Å². The van der Waals surface area contributed by atoms with Crippen molar-refractivity contribution in [3.05, 3.63) is 170 Å². The van der Waals surface area contributed by atoms with Gasteiger partial charge in [0.25, 0.3) is 0 Å². The molecule has 8 rings (SSSR count). The van der Waals surface area contributed by atoms with Crippen molar-refractivity contribution in [2.45, 2.75) is 73.1 Å². The van der Waals surface area contributed by atoms with Crippen LogP contribution in [-0.4, -0.2) is 15.0 Å². The number of hydrogen-bond acceptors (Lipinski definition) is 0. The molecule has 0 amide bonds. The fourth-order valence-electron chi connectivity index (χ4n) is 6.78. The molecule has 54 heavy (non-hydrogen) atoms. The van der Waals surface area contributed by atoms with E-state index in [2.05, 4.69) is 194 Å². The van der Waals surface area contributed by atoms with Crippen molar-refractivity contribution < 1.29 is 21.7 Å². The topological polar surface area (TPSA) is 0 Å². The van der Waals surface area contributed by atoms with Gasteiger partial charge in [0.15, 0.2) is 0 Å². The van der Waals surface area contributed by atoms with Gasteiger partial charge in [0.2, 0.25) is 0 Å². The van der Waals surface area contributed by atoms with Gasteiger partial charge in [-0.05, 0) is 62.3 Å². The molecule has 0 nitrogen and oxygen atoms in total. The Bertz CT molecular complexity index is 2200. The van der Waals surface area contributed by atoms with Crippen molar-refractivity contribution in [3.8, 4) is 22.3 Å². The molecule has 0 aliphatic carbocycles. The summed E-state index contributed by atoms with van der Waals surface area (Å²) in [6.07, 6.45) is 9.18. The minimum absolute atomic E-state index is 0. The van der Waals surface area contributed by atoms with E-state index in [-0.39, 0.29) is 21.7 Å². The van der Waals surface area contributed by atoms with E-state index < -0.39 is 0 Å². The van der Waals surface area contributed by atoms with Gasteiger partial charge >= 0.3 is 21.7 Å². The van der Waals surface area contributed by atoms with Crippen LogP contribution in [0.5, 0.6) is 0 Å². The van der Waals surface area contributed by atoms with Gasteiger partial charge in [0.05, 0.1) is 0 Å². The van der Waals surface area contributed by atoms with Crippen LogP contribution >= 0.6 is 0 Å². The SMILES string of the molecule is CCc1cc2c(-c3cccc4ccccc34)cccc2[cH-]1.CCc1cc2c(-c3cccc4ccccc34)cccc2[cH-]1.C[CH-]CCC(C)=[SiH2].[CH2-]CCC.[Ti+4]. The van der Waals surface area contributed by atoms with Crippen LogP contribution < -0.4 is 0 Å². The molecule has 8 aromatic rings. The van der Waals surface area contributed by atoms with Crippen molar-refractivity contribution in [2.75, 3.05) is 0 Å². The van der Waals surface area contributed by atoms with Gasteiger partial charge in [-0.3, -0.25) is 0 Å². The van der Waals surface area contributed by atoms with E-state index in [9.17, 15) is 0 Å². The van der Waals surface area contributed by atoms with Crippen molar-refractivity contribution in [3.63, 3.8) is 0 Å². The largest absolute Gasteiger partial charge is 4.00 e. The molecule has 0 fully saturated rings. The third-order valence-corrected chi connectivity index (χ3v) is 10.2. The Balaban J connectivity index is 0.000000187. The van der Waals surface area contributed by atoms with Crippen molar-refractivity contribution >= 4 is 58.1 Å². The van der Waals surface area contributed by atoms with E-state index in [4.69, 9.17) is 0 Å². The molecule has 2 heteroatoms. The van der Waals surface area contributed by atoms with Crippen LogP contribution in [0.2, 0.25) is 0 Å². The summed E-state index contributed by atoms with van der Waals surface area (Å²) in [5.41, 5.74) is 8.15. The van der Waals surface area contributed by atoms with E-state index in [0.29, 0.717) is 0 Å². The molecule has 0 aromatic heterocycles. The Morgan fingerprint density at radius 2 is 0.944 bits per heavy atom. The van der Waals surface area contributed by atoms with Crippen molar-refractivity contribution in [1.29, 1.82) is 0 Å². The van der Waals surface area contributed by atoms with Crippen LogP contribution in [0.1, 0.15) is 71.4 Å². The number of rotatable bonds is 8. The van der Waals surface area contributed by atoms with Crippen LogP contribution in [0.3, 0.4) is 0 Å². The minimum atomic E-state index is 0. The second kappa shape index (κ2) is 21.7. The summed E-state index contributed by atoms with van der Waals surface area (Å²) in [6.45, 7) is 14.4. The van der Waals surface area contributed by atoms with E-state index in [1.54, 1.807) is 5.17 Å². The first kappa shape index (κ1) is 42.6. The Morgan fingerprint density at radius 3 is 1.30 bits per heavy atom.